The Kier molecular flexibility index (Phi) is 7.42. The van der Waals surface area contributed by atoms with Gasteiger partial charge in [-0.15, -0.1) is 0 Å². The average Bonchev–Trinajstić information content (AvgIpc) is 2.62. The molecule has 1 N–H and O–H groups in total. The van der Waals surface area contributed by atoms with Gasteiger partial charge in [0.2, 0.25) is 10.0 Å². The minimum Gasteiger partial charge on any atom is -0.352 e. The highest BCUT2D eigenvalue weighted by Crippen LogP contribution is 2.21. The van der Waals surface area contributed by atoms with E-state index in [1.165, 1.54) is 10.6 Å². The van der Waals surface area contributed by atoms with E-state index < -0.39 is 10.0 Å². The van der Waals surface area contributed by atoms with Gasteiger partial charge >= 0.3 is 0 Å². The predicted octanol–water partition coefficient (Wildman–Crippen LogP) is 3.88. The highest BCUT2D eigenvalue weighted by atomic mass is 32.2. The smallest absolute Gasteiger partial charge is 0.251 e. The number of nitrogens with zero attached hydrogens (tertiary/aromatic N) is 1. The zero-order valence-corrected chi connectivity index (χ0v) is 17.1. The van der Waals surface area contributed by atoms with E-state index in [1.807, 2.05) is 25.1 Å². The molecule has 0 heterocycles. The summed E-state index contributed by atoms with van der Waals surface area (Å²) < 4.78 is 25.9. The SMILES string of the molecule is CCCCCNC(=O)c1ccc(CN(c2cccc(C)c2)S(C)(=O)=O)cc1. The zero-order chi connectivity index (χ0) is 19.9. The van der Waals surface area contributed by atoms with Gasteiger partial charge in [-0.1, -0.05) is 44.0 Å². The Balaban J connectivity index is 2.10. The van der Waals surface area contributed by atoms with Gasteiger partial charge in [-0.3, -0.25) is 9.10 Å². The lowest BCUT2D eigenvalue weighted by atomic mass is 10.1. The molecular weight excluding hydrogens is 360 g/mol. The van der Waals surface area contributed by atoms with E-state index in [0.29, 0.717) is 17.8 Å². The molecule has 0 atom stereocenters. The molecule has 0 spiro atoms. The molecule has 0 unspecified atom stereocenters. The van der Waals surface area contributed by atoms with Gasteiger partial charge in [0.15, 0.2) is 0 Å². The Morgan fingerprint density at radius 1 is 1.07 bits per heavy atom. The largest absolute Gasteiger partial charge is 0.352 e. The number of rotatable bonds is 9. The van der Waals surface area contributed by atoms with E-state index in [2.05, 4.69) is 12.2 Å². The fourth-order valence-corrected chi connectivity index (χ4v) is 3.67. The van der Waals surface area contributed by atoms with Crippen LogP contribution in [0.3, 0.4) is 0 Å². The maximum atomic E-state index is 12.3. The summed E-state index contributed by atoms with van der Waals surface area (Å²) >= 11 is 0. The van der Waals surface area contributed by atoms with E-state index in [1.54, 1.807) is 30.3 Å². The lowest BCUT2D eigenvalue weighted by Gasteiger charge is -2.23. The van der Waals surface area contributed by atoms with E-state index in [-0.39, 0.29) is 12.5 Å². The highest BCUT2D eigenvalue weighted by Gasteiger charge is 2.18. The summed E-state index contributed by atoms with van der Waals surface area (Å²) in [7, 11) is -3.42. The maximum absolute atomic E-state index is 12.3. The summed E-state index contributed by atoms with van der Waals surface area (Å²) in [6.07, 6.45) is 4.38. The van der Waals surface area contributed by atoms with Gasteiger partial charge in [0.1, 0.15) is 0 Å². The number of hydrogen-bond donors (Lipinski definition) is 1. The summed E-state index contributed by atoms with van der Waals surface area (Å²) in [4.78, 5) is 12.1. The fraction of sp³-hybridized carbons (Fsp3) is 0.381. The summed E-state index contributed by atoms with van der Waals surface area (Å²) in [5.41, 5.74) is 3.03. The van der Waals surface area contributed by atoms with Crippen molar-refractivity contribution >= 4 is 21.6 Å². The van der Waals surface area contributed by atoms with Crippen molar-refractivity contribution in [1.29, 1.82) is 0 Å². The molecule has 0 saturated heterocycles. The predicted molar refractivity (Wildman–Crippen MR) is 111 cm³/mol. The number of anilines is 1. The van der Waals surface area contributed by atoms with Crippen LogP contribution in [0, 0.1) is 6.92 Å². The van der Waals surface area contributed by atoms with Crippen LogP contribution in [0.1, 0.15) is 47.7 Å². The Morgan fingerprint density at radius 2 is 1.78 bits per heavy atom. The van der Waals surface area contributed by atoms with Gasteiger partial charge in [0, 0.05) is 12.1 Å². The standard InChI is InChI=1S/C21H28N2O3S/c1-4-5-6-14-22-21(24)19-12-10-18(11-13-19)16-23(27(3,25)26)20-9-7-8-17(2)15-20/h7-13,15H,4-6,14,16H2,1-3H3,(H,22,24). The quantitative estimate of drug-likeness (QED) is 0.663. The monoisotopic (exact) mass is 388 g/mol. The van der Waals surface area contributed by atoms with Crippen molar-refractivity contribution in [3.05, 3.63) is 65.2 Å². The van der Waals surface area contributed by atoms with Crippen LogP contribution >= 0.6 is 0 Å². The van der Waals surface area contributed by atoms with Gasteiger partial charge < -0.3 is 5.32 Å². The molecule has 2 rings (SSSR count). The lowest BCUT2D eigenvalue weighted by Crippen LogP contribution is -2.29. The first kappa shape index (κ1) is 21.0. The Labute approximate surface area is 162 Å². The molecule has 0 radical (unpaired) electrons. The van der Waals surface area contributed by atoms with Crippen LogP contribution in [0.25, 0.3) is 0 Å². The summed E-state index contributed by atoms with van der Waals surface area (Å²) in [5, 5.41) is 2.91. The van der Waals surface area contributed by atoms with Crippen molar-refractivity contribution in [2.75, 3.05) is 17.1 Å². The number of sulfonamides is 1. The van der Waals surface area contributed by atoms with Crippen LogP contribution in [-0.4, -0.2) is 27.1 Å². The minimum absolute atomic E-state index is 0.101. The van der Waals surface area contributed by atoms with Crippen molar-refractivity contribution in [3.8, 4) is 0 Å². The van der Waals surface area contributed by atoms with E-state index >= 15 is 0 Å². The molecule has 0 aliphatic rings. The second kappa shape index (κ2) is 9.55. The second-order valence-electron chi connectivity index (χ2n) is 6.77. The van der Waals surface area contributed by atoms with E-state index in [0.717, 1.165) is 30.4 Å². The van der Waals surface area contributed by atoms with Gasteiger partial charge in [0.05, 0.1) is 18.5 Å². The molecule has 0 aromatic heterocycles. The molecule has 2 aromatic carbocycles. The molecule has 27 heavy (non-hydrogen) atoms. The molecular formula is C21H28N2O3S. The number of benzene rings is 2. The first-order valence-electron chi connectivity index (χ1n) is 9.23. The van der Waals surface area contributed by atoms with E-state index in [4.69, 9.17) is 0 Å². The third kappa shape index (κ3) is 6.40. The number of carbonyl (C=O) groups is 1. The van der Waals surface area contributed by atoms with Crippen LogP contribution in [0.4, 0.5) is 5.69 Å². The van der Waals surface area contributed by atoms with Crippen molar-refractivity contribution in [2.45, 2.75) is 39.7 Å². The van der Waals surface area contributed by atoms with Crippen LogP contribution in [-0.2, 0) is 16.6 Å². The molecule has 0 saturated carbocycles. The number of unbranched alkanes of at least 4 members (excludes halogenated alkanes) is 2. The van der Waals surface area contributed by atoms with Gasteiger partial charge in [-0.2, -0.15) is 0 Å². The first-order chi connectivity index (χ1) is 12.8. The van der Waals surface area contributed by atoms with Crippen LogP contribution in [0.2, 0.25) is 0 Å². The van der Waals surface area contributed by atoms with Gasteiger partial charge in [-0.25, -0.2) is 8.42 Å². The van der Waals surface area contributed by atoms with Crippen LogP contribution in [0.5, 0.6) is 0 Å². The Morgan fingerprint density at radius 3 is 2.37 bits per heavy atom. The maximum Gasteiger partial charge on any atom is 0.251 e. The van der Waals surface area contributed by atoms with Crippen molar-refractivity contribution in [3.63, 3.8) is 0 Å². The number of nitrogens with one attached hydrogen (secondary N) is 1. The molecule has 5 nitrogen and oxygen atoms in total. The lowest BCUT2D eigenvalue weighted by molar-refractivity contribution is 0.0953. The molecule has 0 bridgehead atoms. The second-order valence-corrected chi connectivity index (χ2v) is 8.68. The van der Waals surface area contributed by atoms with Crippen LogP contribution in [0.15, 0.2) is 48.5 Å². The number of hydrogen-bond acceptors (Lipinski definition) is 3. The van der Waals surface area contributed by atoms with Crippen molar-refractivity contribution in [1.82, 2.24) is 5.32 Å². The highest BCUT2D eigenvalue weighted by molar-refractivity contribution is 7.92. The normalized spacial score (nSPS) is 11.2. The molecule has 146 valence electrons. The first-order valence-corrected chi connectivity index (χ1v) is 11.1. The number of carbonyl (C=O) groups excluding carboxylic acids is 1. The fourth-order valence-electron chi connectivity index (χ4n) is 2.79. The van der Waals surface area contributed by atoms with Gasteiger partial charge in [-0.05, 0) is 48.7 Å². The Bertz CT molecular complexity index is 861. The third-order valence-electron chi connectivity index (χ3n) is 4.30. The van der Waals surface area contributed by atoms with Crippen LogP contribution < -0.4 is 9.62 Å². The molecule has 0 fully saturated rings. The van der Waals surface area contributed by atoms with Crippen molar-refractivity contribution < 1.29 is 13.2 Å². The van der Waals surface area contributed by atoms with Crippen molar-refractivity contribution in [2.24, 2.45) is 0 Å². The zero-order valence-electron chi connectivity index (χ0n) is 16.2. The minimum atomic E-state index is -3.42. The summed E-state index contributed by atoms with van der Waals surface area (Å²) in [6.45, 7) is 4.94. The topological polar surface area (TPSA) is 66.5 Å². The third-order valence-corrected chi connectivity index (χ3v) is 5.44. The number of aryl methyl sites for hydroxylation is 1. The molecule has 1 amide bonds. The average molecular weight is 389 g/mol. The Hall–Kier alpha value is -2.34. The molecule has 6 heteroatoms. The number of amides is 1. The summed E-state index contributed by atoms with van der Waals surface area (Å²) in [6, 6.07) is 14.5. The van der Waals surface area contributed by atoms with E-state index in [9.17, 15) is 13.2 Å². The summed E-state index contributed by atoms with van der Waals surface area (Å²) in [5.74, 6) is -0.101. The molecule has 2 aromatic rings. The molecule has 0 aliphatic heterocycles. The van der Waals surface area contributed by atoms with Gasteiger partial charge in [0.25, 0.3) is 5.91 Å². The molecule has 0 aliphatic carbocycles.